The SMILES string of the molecule is C1CNCCN1.CCCCC/C=C\C/C=C\C/C=C\C/C=C\CCCC(=O)NCCO. The fourth-order valence-electron chi connectivity index (χ4n) is 2.83. The Balaban J connectivity index is 0.00000127. The van der Waals surface area contributed by atoms with Crippen LogP contribution in [0.4, 0.5) is 0 Å². The number of amides is 1. The lowest BCUT2D eigenvalue weighted by Gasteiger charge is -2.11. The molecule has 5 heteroatoms. The van der Waals surface area contributed by atoms with Gasteiger partial charge in [0, 0.05) is 39.1 Å². The van der Waals surface area contributed by atoms with Gasteiger partial charge in [-0.25, -0.2) is 0 Å². The predicted molar refractivity (Wildman–Crippen MR) is 134 cm³/mol. The average Bonchev–Trinajstić information content (AvgIpc) is 2.81. The highest BCUT2D eigenvalue weighted by Gasteiger charge is 1.97. The quantitative estimate of drug-likeness (QED) is 0.215. The number of rotatable bonds is 16. The molecule has 1 fully saturated rings. The van der Waals surface area contributed by atoms with Gasteiger partial charge in [-0.15, -0.1) is 0 Å². The monoisotopic (exact) mass is 433 g/mol. The molecule has 0 radical (unpaired) electrons. The van der Waals surface area contributed by atoms with Crippen molar-refractivity contribution in [1.29, 1.82) is 0 Å². The molecule has 1 aliphatic rings. The highest BCUT2D eigenvalue weighted by Crippen LogP contribution is 2.01. The lowest BCUT2D eigenvalue weighted by molar-refractivity contribution is -0.121. The molecule has 1 saturated heterocycles. The van der Waals surface area contributed by atoms with Crippen molar-refractivity contribution in [2.24, 2.45) is 0 Å². The van der Waals surface area contributed by atoms with Crippen molar-refractivity contribution in [1.82, 2.24) is 16.0 Å². The summed E-state index contributed by atoms with van der Waals surface area (Å²) in [4.78, 5) is 11.3. The second-order valence-corrected chi connectivity index (χ2v) is 7.55. The summed E-state index contributed by atoms with van der Waals surface area (Å²) in [6.07, 6.45) is 28.0. The molecule has 4 N–H and O–H groups in total. The predicted octanol–water partition coefficient (Wildman–Crippen LogP) is 4.42. The van der Waals surface area contributed by atoms with Gasteiger partial charge in [0.1, 0.15) is 0 Å². The maximum atomic E-state index is 11.3. The largest absolute Gasteiger partial charge is 0.395 e. The van der Waals surface area contributed by atoms with Crippen molar-refractivity contribution < 1.29 is 9.90 Å². The van der Waals surface area contributed by atoms with Crippen LogP contribution in [-0.2, 0) is 4.79 Å². The van der Waals surface area contributed by atoms with Gasteiger partial charge in [0.25, 0.3) is 0 Å². The first-order valence-electron chi connectivity index (χ1n) is 12.2. The van der Waals surface area contributed by atoms with Crippen LogP contribution in [0.1, 0.15) is 71.1 Å². The molecule has 0 aromatic rings. The van der Waals surface area contributed by atoms with Crippen molar-refractivity contribution in [2.75, 3.05) is 39.3 Å². The molecule has 1 aliphatic heterocycles. The van der Waals surface area contributed by atoms with Crippen LogP contribution in [-0.4, -0.2) is 50.3 Å². The van der Waals surface area contributed by atoms with Crippen molar-refractivity contribution in [2.45, 2.75) is 71.1 Å². The first kappa shape index (κ1) is 29.3. The summed E-state index contributed by atoms with van der Waals surface area (Å²) in [7, 11) is 0. The second kappa shape index (κ2) is 26.3. The summed E-state index contributed by atoms with van der Waals surface area (Å²) < 4.78 is 0. The van der Waals surface area contributed by atoms with Gasteiger partial charge in [0.15, 0.2) is 0 Å². The van der Waals surface area contributed by atoms with E-state index in [1.807, 2.05) is 0 Å². The molecular formula is C26H47N3O2. The molecule has 1 rings (SSSR count). The number of unbranched alkanes of at least 4 members (excludes halogenated alkanes) is 4. The Labute approximate surface area is 191 Å². The van der Waals surface area contributed by atoms with Gasteiger partial charge < -0.3 is 21.1 Å². The van der Waals surface area contributed by atoms with Crippen LogP contribution in [0.2, 0.25) is 0 Å². The third-order valence-electron chi connectivity index (χ3n) is 4.62. The highest BCUT2D eigenvalue weighted by molar-refractivity contribution is 5.75. The molecule has 178 valence electrons. The maximum absolute atomic E-state index is 11.3. The Hall–Kier alpha value is -1.69. The van der Waals surface area contributed by atoms with E-state index in [2.05, 4.69) is 71.5 Å². The van der Waals surface area contributed by atoms with Crippen LogP contribution in [0.25, 0.3) is 0 Å². The number of allylic oxidation sites excluding steroid dienone is 8. The smallest absolute Gasteiger partial charge is 0.220 e. The normalized spacial score (nSPS) is 14.5. The topological polar surface area (TPSA) is 73.4 Å². The van der Waals surface area contributed by atoms with Crippen LogP contribution in [0.3, 0.4) is 0 Å². The number of carbonyl (C=O) groups is 1. The number of piperazine rings is 1. The van der Waals surface area contributed by atoms with E-state index < -0.39 is 0 Å². The van der Waals surface area contributed by atoms with Crippen LogP contribution < -0.4 is 16.0 Å². The van der Waals surface area contributed by atoms with Gasteiger partial charge in [-0.3, -0.25) is 4.79 Å². The number of aliphatic hydroxyl groups is 1. The number of hydrogen-bond donors (Lipinski definition) is 4. The fourth-order valence-corrected chi connectivity index (χ4v) is 2.83. The Bertz CT molecular complexity index is 483. The summed E-state index contributed by atoms with van der Waals surface area (Å²) in [5.41, 5.74) is 0. The molecule has 0 aromatic carbocycles. The van der Waals surface area contributed by atoms with Gasteiger partial charge in [0.2, 0.25) is 5.91 Å². The average molecular weight is 434 g/mol. The Morgan fingerprint density at radius 3 is 1.71 bits per heavy atom. The minimum absolute atomic E-state index is 0.00289. The molecular weight excluding hydrogens is 386 g/mol. The summed E-state index contributed by atoms with van der Waals surface area (Å²) in [5.74, 6) is 0.0185. The van der Waals surface area contributed by atoms with Gasteiger partial charge in [0.05, 0.1) is 6.61 Å². The Morgan fingerprint density at radius 2 is 1.26 bits per heavy atom. The molecule has 0 unspecified atom stereocenters. The number of hydrogen-bond acceptors (Lipinski definition) is 4. The van der Waals surface area contributed by atoms with E-state index in [9.17, 15) is 4.79 Å². The molecule has 31 heavy (non-hydrogen) atoms. The van der Waals surface area contributed by atoms with Crippen LogP contribution in [0.15, 0.2) is 48.6 Å². The van der Waals surface area contributed by atoms with Crippen LogP contribution in [0.5, 0.6) is 0 Å². The van der Waals surface area contributed by atoms with E-state index >= 15 is 0 Å². The zero-order valence-corrected chi connectivity index (χ0v) is 19.8. The summed E-state index contributed by atoms with van der Waals surface area (Å²) in [6.45, 7) is 7.14. The molecule has 0 saturated carbocycles. The third kappa shape index (κ3) is 26.3. The molecule has 1 heterocycles. The number of aliphatic hydroxyl groups excluding tert-OH is 1. The zero-order valence-electron chi connectivity index (χ0n) is 19.8. The van der Waals surface area contributed by atoms with Gasteiger partial charge >= 0.3 is 0 Å². The fraction of sp³-hybridized carbons (Fsp3) is 0.654. The van der Waals surface area contributed by atoms with Crippen LogP contribution >= 0.6 is 0 Å². The van der Waals surface area contributed by atoms with Crippen molar-refractivity contribution in [3.63, 3.8) is 0 Å². The standard InChI is InChI=1S/C22H37NO2.C4H10N2/c1-2-3-4-5-6-7-8-9-10-11-12-13-14-15-16-17-18-19-22(25)23-20-21-24;1-2-6-4-3-5-1/h6-7,9-10,12-13,15-16,24H,2-5,8,11,14,17-21H2,1H3,(H,23,25);5-6H,1-4H2/b7-6-,10-9-,13-12-,16-15-;. The molecule has 0 bridgehead atoms. The molecule has 0 aromatic heterocycles. The van der Waals surface area contributed by atoms with Crippen LogP contribution in [0, 0.1) is 0 Å². The zero-order chi connectivity index (χ0) is 22.7. The summed E-state index contributed by atoms with van der Waals surface area (Å²) in [6, 6.07) is 0. The minimum atomic E-state index is 0.00289. The molecule has 5 nitrogen and oxygen atoms in total. The van der Waals surface area contributed by atoms with Gasteiger partial charge in [-0.2, -0.15) is 0 Å². The lowest BCUT2D eigenvalue weighted by atomic mass is 10.2. The number of nitrogens with one attached hydrogen (secondary N) is 3. The van der Waals surface area contributed by atoms with Crippen molar-refractivity contribution in [3.05, 3.63) is 48.6 Å². The third-order valence-corrected chi connectivity index (χ3v) is 4.62. The maximum Gasteiger partial charge on any atom is 0.220 e. The lowest BCUT2D eigenvalue weighted by Crippen LogP contribution is -2.39. The van der Waals surface area contributed by atoms with E-state index in [-0.39, 0.29) is 12.5 Å². The van der Waals surface area contributed by atoms with E-state index in [4.69, 9.17) is 5.11 Å². The van der Waals surface area contributed by atoms with Gasteiger partial charge in [-0.1, -0.05) is 68.4 Å². The highest BCUT2D eigenvalue weighted by atomic mass is 16.3. The Kier molecular flexibility index (Phi) is 24.9. The number of carbonyl (C=O) groups excluding carboxylic acids is 1. The minimum Gasteiger partial charge on any atom is -0.395 e. The first-order chi connectivity index (χ1) is 15.3. The van der Waals surface area contributed by atoms with Gasteiger partial charge in [-0.05, 0) is 44.9 Å². The molecule has 0 aliphatic carbocycles. The first-order valence-corrected chi connectivity index (χ1v) is 12.2. The van der Waals surface area contributed by atoms with E-state index in [1.165, 1.54) is 25.7 Å². The van der Waals surface area contributed by atoms with E-state index in [1.54, 1.807) is 0 Å². The van der Waals surface area contributed by atoms with E-state index in [0.717, 1.165) is 58.3 Å². The second-order valence-electron chi connectivity index (χ2n) is 7.55. The van der Waals surface area contributed by atoms with Crippen molar-refractivity contribution >= 4 is 5.91 Å². The summed E-state index contributed by atoms with van der Waals surface area (Å²) >= 11 is 0. The Morgan fingerprint density at radius 1 is 0.774 bits per heavy atom. The van der Waals surface area contributed by atoms with E-state index in [0.29, 0.717) is 13.0 Å². The molecule has 1 amide bonds. The molecule has 0 spiro atoms. The summed E-state index contributed by atoms with van der Waals surface area (Å²) in [5, 5.41) is 17.7. The van der Waals surface area contributed by atoms with Crippen molar-refractivity contribution in [3.8, 4) is 0 Å². The molecule has 0 atom stereocenters.